The van der Waals surface area contributed by atoms with Crippen LogP contribution in [-0.4, -0.2) is 49.1 Å². The van der Waals surface area contributed by atoms with E-state index >= 15 is 0 Å². The Hall–Kier alpha value is -1.79. The van der Waals surface area contributed by atoms with Gasteiger partial charge in [-0.05, 0) is 36.9 Å². The molecule has 0 bridgehead atoms. The zero-order chi connectivity index (χ0) is 16.8. The van der Waals surface area contributed by atoms with E-state index in [1.807, 2.05) is 17.0 Å². The Morgan fingerprint density at radius 2 is 2.00 bits per heavy atom. The quantitative estimate of drug-likeness (QED) is 0.738. The average molecular weight is 367 g/mol. The van der Waals surface area contributed by atoms with Gasteiger partial charge in [0.2, 0.25) is 5.91 Å². The summed E-state index contributed by atoms with van der Waals surface area (Å²) in [4.78, 5) is 25.9. The lowest BCUT2D eigenvalue weighted by Crippen LogP contribution is -2.44. The van der Waals surface area contributed by atoms with E-state index in [-0.39, 0.29) is 24.3 Å². The highest BCUT2D eigenvalue weighted by molar-refractivity contribution is 5.85. The number of amides is 3. The SMILES string of the molecule is Cl.O=C(CCNC(=O)N1CCc2ccccc2C1)NCC1CCCN1. The third-order valence-corrected chi connectivity index (χ3v) is 4.75. The zero-order valence-electron chi connectivity index (χ0n) is 14.4. The van der Waals surface area contributed by atoms with Crippen molar-refractivity contribution in [2.45, 2.75) is 38.3 Å². The lowest BCUT2D eigenvalue weighted by atomic mass is 10.0. The zero-order valence-corrected chi connectivity index (χ0v) is 15.2. The van der Waals surface area contributed by atoms with Crippen molar-refractivity contribution < 1.29 is 9.59 Å². The maximum Gasteiger partial charge on any atom is 0.317 e. The summed E-state index contributed by atoms with van der Waals surface area (Å²) in [6.07, 6.45) is 3.50. The number of hydrogen-bond donors (Lipinski definition) is 3. The van der Waals surface area contributed by atoms with Crippen LogP contribution in [0.1, 0.15) is 30.4 Å². The van der Waals surface area contributed by atoms with Crippen molar-refractivity contribution in [2.24, 2.45) is 0 Å². The Labute approximate surface area is 155 Å². The van der Waals surface area contributed by atoms with Gasteiger partial charge in [0.25, 0.3) is 0 Å². The molecule has 1 unspecified atom stereocenters. The minimum absolute atomic E-state index is 0. The van der Waals surface area contributed by atoms with Crippen molar-refractivity contribution in [1.82, 2.24) is 20.9 Å². The number of rotatable bonds is 5. The molecule has 6 nitrogen and oxygen atoms in total. The molecule has 2 aliphatic rings. The molecule has 1 aromatic rings. The van der Waals surface area contributed by atoms with Gasteiger partial charge in [0.05, 0.1) is 0 Å². The van der Waals surface area contributed by atoms with E-state index in [1.54, 1.807) is 0 Å². The number of nitrogens with one attached hydrogen (secondary N) is 3. The standard InChI is InChI=1S/C18H26N4O2.ClH/c23-17(21-12-16-6-3-9-19-16)7-10-20-18(24)22-11-8-14-4-1-2-5-15(14)13-22;/h1-2,4-5,16,19H,3,6-13H2,(H,20,24)(H,21,23);1H. The number of fused-ring (bicyclic) bond motifs is 1. The Morgan fingerprint density at radius 1 is 1.20 bits per heavy atom. The van der Waals surface area contributed by atoms with Crippen LogP contribution in [0.3, 0.4) is 0 Å². The number of nitrogens with zero attached hydrogens (tertiary/aromatic N) is 1. The van der Waals surface area contributed by atoms with Crippen LogP contribution in [0, 0.1) is 0 Å². The molecule has 1 saturated heterocycles. The van der Waals surface area contributed by atoms with Crippen molar-refractivity contribution in [3.8, 4) is 0 Å². The molecule has 2 heterocycles. The number of benzene rings is 1. The highest BCUT2D eigenvalue weighted by Crippen LogP contribution is 2.18. The van der Waals surface area contributed by atoms with Crippen LogP contribution >= 0.6 is 12.4 Å². The van der Waals surface area contributed by atoms with Gasteiger partial charge in [-0.2, -0.15) is 0 Å². The molecule has 138 valence electrons. The lowest BCUT2D eigenvalue weighted by Gasteiger charge is -2.28. The van der Waals surface area contributed by atoms with E-state index in [4.69, 9.17) is 0 Å². The van der Waals surface area contributed by atoms with Crippen LogP contribution in [0.25, 0.3) is 0 Å². The Kier molecular flexibility index (Phi) is 7.52. The van der Waals surface area contributed by atoms with Gasteiger partial charge in [-0.15, -0.1) is 12.4 Å². The largest absolute Gasteiger partial charge is 0.354 e. The van der Waals surface area contributed by atoms with Crippen molar-refractivity contribution in [2.75, 3.05) is 26.2 Å². The number of carbonyl (C=O) groups excluding carboxylic acids is 2. The average Bonchev–Trinajstić information content (AvgIpc) is 3.13. The third kappa shape index (κ3) is 5.61. The van der Waals surface area contributed by atoms with Gasteiger partial charge in [-0.25, -0.2) is 4.79 Å². The van der Waals surface area contributed by atoms with Gasteiger partial charge in [0.15, 0.2) is 0 Å². The molecule has 1 fully saturated rings. The second kappa shape index (κ2) is 9.63. The number of halogens is 1. The second-order valence-electron chi connectivity index (χ2n) is 6.52. The summed E-state index contributed by atoms with van der Waals surface area (Å²) in [6.45, 7) is 3.45. The molecule has 3 amide bonds. The lowest BCUT2D eigenvalue weighted by molar-refractivity contribution is -0.121. The van der Waals surface area contributed by atoms with Crippen LogP contribution < -0.4 is 16.0 Å². The van der Waals surface area contributed by atoms with Crippen molar-refractivity contribution in [3.05, 3.63) is 35.4 Å². The number of carbonyl (C=O) groups is 2. The van der Waals surface area contributed by atoms with E-state index in [2.05, 4.69) is 28.1 Å². The van der Waals surface area contributed by atoms with E-state index in [0.717, 1.165) is 25.9 Å². The van der Waals surface area contributed by atoms with Crippen molar-refractivity contribution in [3.63, 3.8) is 0 Å². The number of hydrogen-bond acceptors (Lipinski definition) is 3. The summed E-state index contributed by atoms with van der Waals surface area (Å²) in [5.41, 5.74) is 2.53. The van der Waals surface area contributed by atoms with Gasteiger partial charge < -0.3 is 20.9 Å². The fourth-order valence-electron chi connectivity index (χ4n) is 3.32. The molecule has 3 rings (SSSR count). The van der Waals surface area contributed by atoms with Gasteiger partial charge in [0, 0.05) is 38.6 Å². The summed E-state index contributed by atoms with van der Waals surface area (Å²) < 4.78 is 0. The van der Waals surface area contributed by atoms with Gasteiger partial charge in [-0.3, -0.25) is 4.79 Å². The Morgan fingerprint density at radius 3 is 2.76 bits per heavy atom. The van der Waals surface area contributed by atoms with Gasteiger partial charge in [0.1, 0.15) is 0 Å². The second-order valence-corrected chi connectivity index (χ2v) is 6.52. The van der Waals surface area contributed by atoms with Crippen LogP contribution in [0.2, 0.25) is 0 Å². The topological polar surface area (TPSA) is 73.5 Å². The molecule has 25 heavy (non-hydrogen) atoms. The van der Waals surface area contributed by atoms with Crippen molar-refractivity contribution >= 4 is 24.3 Å². The van der Waals surface area contributed by atoms with Crippen LogP contribution in [0.5, 0.6) is 0 Å². The first-order valence-electron chi connectivity index (χ1n) is 8.82. The summed E-state index contributed by atoms with van der Waals surface area (Å²) in [5.74, 6) is -0.00649. The normalized spacial score (nSPS) is 18.9. The van der Waals surface area contributed by atoms with E-state index in [0.29, 0.717) is 32.1 Å². The van der Waals surface area contributed by atoms with Gasteiger partial charge in [-0.1, -0.05) is 24.3 Å². The molecule has 2 aliphatic heterocycles. The molecule has 1 atom stereocenters. The highest BCUT2D eigenvalue weighted by Gasteiger charge is 2.20. The van der Waals surface area contributed by atoms with Crippen molar-refractivity contribution in [1.29, 1.82) is 0 Å². The minimum atomic E-state index is -0.0882. The Balaban J connectivity index is 0.00000225. The van der Waals surface area contributed by atoms with Crippen LogP contribution in [0.15, 0.2) is 24.3 Å². The molecule has 0 aliphatic carbocycles. The number of urea groups is 1. The van der Waals surface area contributed by atoms with Gasteiger partial charge >= 0.3 is 6.03 Å². The molecule has 3 N–H and O–H groups in total. The third-order valence-electron chi connectivity index (χ3n) is 4.75. The highest BCUT2D eigenvalue weighted by atomic mass is 35.5. The molecular weight excluding hydrogens is 340 g/mol. The molecule has 1 aromatic carbocycles. The van der Waals surface area contributed by atoms with Crippen LogP contribution in [0.4, 0.5) is 4.79 Å². The molecule has 0 aromatic heterocycles. The molecule has 0 radical (unpaired) electrons. The molecule has 0 spiro atoms. The minimum Gasteiger partial charge on any atom is -0.354 e. The molecule has 7 heteroatoms. The predicted molar refractivity (Wildman–Crippen MR) is 99.9 cm³/mol. The first kappa shape index (κ1) is 19.5. The van der Waals surface area contributed by atoms with E-state index < -0.39 is 0 Å². The fraction of sp³-hybridized carbons (Fsp3) is 0.556. The first-order chi connectivity index (χ1) is 11.7. The maximum absolute atomic E-state index is 12.2. The summed E-state index contributed by atoms with van der Waals surface area (Å²) in [6, 6.07) is 8.54. The molecule has 0 saturated carbocycles. The fourth-order valence-corrected chi connectivity index (χ4v) is 3.32. The smallest absolute Gasteiger partial charge is 0.317 e. The molecular formula is C18H27ClN4O2. The van der Waals surface area contributed by atoms with Crippen LogP contribution in [-0.2, 0) is 17.8 Å². The van der Waals surface area contributed by atoms with E-state index in [1.165, 1.54) is 17.5 Å². The monoisotopic (exact) mass is 366 g/mol. The predicted octanol–water partition coefficient (Wildman–Crippen LogP) is 1.43. The summed E-state index contributed by atoms with van der Waals surface area (Å²) in [5, 5.41) is 9.12. The first-order valence-corrected chi connectivity index (χ1v) is 8.82. The Bertz CT molecular complexity index is 590. The summed E-state index contributed by atoms with van der Waals surface area (Å²) >= 11 is 0. The maximum atomic E-state index is 12.2. The van der Waals surface area contributed by atoms with E-state index in [9.17, 15) is 9.59 Å². The summed E-state index contributed by atoms with van der Waals surface area (Å²) in [7, 11) is 0.